The Labute approximate surface area is 62.2 Å². The second kappa shape index (κ2) is 3.58. The van der Waals surface area contributed by atoms with Crippen molar-refractivity contribution in [2.45, 2.75) is 32.2 Å². The molecule has 2 heteroatoms. The van der Waals surface area contributed by atoms with Gasteiger partial charge in [-0.2, -0.15) is 5.26 Å². The minimum Gasteiger partial charge on any atom is -0.302 e. The van der Waals surface area contributed by atoms with E-state index >= 15 is 0 Å². The van der Waals surface area contributed by atoms with Crippen molar-refractivity contribution in [3.8, 4) is 6.07 Å². The maximum Gasteiger partial charge on any atom is 0.0924 e. The summed E-state index contributed by atoms with van der Waals surface area (Å²) in [5.74, 6) is 0.971. The number of rotatable bonds is 4. The maximum atomic E-state index is 8.40. The number of hydrogen-bond donors (Lipinski definition) is 1. The molecule has 1 rings (SSSR count). The lowest BCUT2D eigenvalue weighted by Crippen LogP contribution is -2.25. The largest absolute Gasteiger partial charge is 0.302 e. The van der Waals surface area contributed by atoms with Crippen molar-refractivity contribution < 1.29 is 0 Å². The van der Waals surface area contributed by atoms with E-state index in [0.717, 1.165) is 12.5 Å². The molecule has 10 heavy (non-hydrogen) atoms. The molecule has 0 aliphatic heterocycles. The van der Waals surface area contributed by atoms with Crippen LogP contribution in [0.3, 0.4) is 0 Å². The average molecular weight is 138 g/mol. The molecule has 1 saturated carbocycles. The monoisotopic (exact) mass is 138 g/mol. The Morgan fingerprint density at radius 1 is 1.70 bits per heavy atom. The number of nitrogens with zero attached hydrogens (tertiary/aromatic N) is 1. The van der Waals surface area contributed by atoms with E-state index in [4.69, 9.17) is 5.26 Å². The molecule has 1 aliphatic carbocycles. The van der Waals surface area contributed by atoms with Crippen LogP contribution < -0.4 is 5.32 Å². The molecular weight excluding hydrogens is 124 g/mol. The van der Waals surface area contributed by atoms with Crippen molar-refractivity contribution in [3.63, 3.8) is 0 Å². The van der Waals surface area contributed by atoms with E-state index in [0.29, 0.717) is 0 Å². The summed E-state index contributed by atoms with van der Waals surface area (Å²) in [4.78, 5) is 0. The molecule has 0 aromatic rings. The molecule has 1 unspecified atom stereocenters. The van der Waals surface area contributed by atoms with Crippen LogP contribution in [0, 0.1) is 17.2 Å². The Morgan fingerprint density at radius 3 is 2.90 bits per heavy atom. The SMILES string of the molecule is CC(C#N)NCCC1CC1. The lowest BCUT2D eigenvalue weighted by Gasteiger charge is -2.03. The summed E-state index contributed by atoms with van der Waals surface area (Å²) in [5, 5.41) is 11.5. The third-order valence-electron chi connectivity index (χ3n) is 1.89. The van der Waals surface area contributed by atoms with Crippen molar-refractivity contribution >= 4 is 0 Å². The van der Waals surface area contributed by atoms with Gasteiger partial charge in [0.1, 0.15) is 0 Å². The Balaban J connectivity index is 1.89. The summed E-state index contributed by atoms with van der Waals surface area (Å²) < 4.78 is 0. The normalized spacial score (nSPS) is 20.0. The van der Waals surface area contributed by atoms with Gasteiger partial charge in [-0.15, -0.1) is 0 Å². The van der Waals surface area contributed by atoms with Gasteiger partial charge < -0.3 is 5.32 Å². The number of nitrogens with one attached hydrogen (secondary N) is 1. The quantitative estimate of drug-likeness (QED) is 0.635. The van der Waals surface area contributed by atoms with Crippen molar-refractivity contribution in [3.05, 3.63) is 0 Å². The van der Waals surface area contributed by atoms with Gasteiger partial charge in [0.25, 0.3) is 0 Å². The predicted molar refractivity (Wildman–Crippen MR) is 40.4 cm³/mol. The van der Waals surface area contributed by atoms with Gasteiger partial charge in [0, 0.05) is 0 Å². The molecule has 0 bridgehead atoms. The Hall–Kier alpha value is -0.550. The molecule has 0 amide bonds. The number of nitriles is 1. The maximum absolute atomic E-state index is 8.40. The smallest absolute Gasteiger partial charge is 0.0924 e. The molecule has 56 valence electrons. The first-order chi connectivity index (χ1) is 4.83. The van der Waals surface area contributed by atoms with Crippen LogP contribution >= 0.6 is 0 Å². The molecule has 0 heterocycles. The molecule has 1 N–H and O–H groups in total. The highest BCUT2D eigenvalue weighted by Crippen LogP contribution is 2.31. The third-order valence-corrected chi connectivity index (χ3v) is 1.89. The van der Waals surface area contributed by atoms with Gasteiger partial charge in [0.05, 0.1) is 12.1 Å². The van der Waals surface area contributed by atoms with Crippen LogP contribution in [0.4, 0.5) is 0 Å². The van der Waals surface area contributed by atoms with E-state index in [9.17, 15) is 0 Å². The second-order valence-corrected chi connectivity index (χ2v) is 3.04. The van der Waals surface area contributed by atoms with Crippen LogP contribution in [-0.4, -0.2) is 12.6 Å². The van der Waals surface area contributed by atoms with Gasteiger partial charge in [-0.25, -0.2) is 0 Å². The van der Waals surface area contributed by atoms with Gasteiger partial charge in [0.15, 0.2) is 0 Å². The van der Waals surface area contributed by atoms with Gasteiger partial charge in [-0.1, -0.05) is 12.8 Å². The minimum absolute atomic E-state index is 0.0266. The summed E-state index contributed by atoms with van der Waals surface area (Å²) in [6.07, 6.45) is 4.07. The molecule has 1 atom stereocenters. The second-order valence-electron chi connectivity index (χ2n) is 3.04. The highest BCUT2D eigenvalue weighted by atomic mass is 14.9. The Bertz CT molecular complexity index is 133. The number of hydrogen-bond acceptors (Lipinski definition) is 2. The zero-order valence-corrected chi connectivity index (χ0v) is 6.43. The summed E-state index contributed by atoms with van der Waals surface area (Å²) in [7, 11) is 0. The van der Waals surface area contributed by atoms with Crippen LogP contribution in [-0.2, 0) is 0 Å². The van der Waals surface area contributed by atoms with E-state index in [1.54, 1.807) is 0 Å². The molecule has 0 saturated heterocycles. The predicted octanol–water partition coefficient (Wildman–Crippen LogP) is 1.29. The standard InChI is InChI=1S/C8H14N2/c1-7(6-9)10-5-4-8-2-3-8/h7-8,10H,2-5H2,1H3. The van der Waals surface area contributed by atoms with Crippen molar-refractivity contribution in [1.29, 1.82) is 5.26 Å². The first-order valence-electron chi connectivity index (χ1n) is 3.96. The Morgan fingerprint density at radius 2 is 2.40 bits per heavy atom. The van der Waals surface area contributed by atoms with Gasteiger partial charge in [-0.05, 0) is 25.8 Å². The minimum atomic E-state index is 0.0266. The van der Waals surface area contributed by atoms with Gasteiger partial charge in [-0.3, -0.25) is 0 Å². The van der Waals surface area contributed by atoms with Crippen LogP contribution in [0.15, 0.2) is 0 Å². The van der Waals surface area contributed by atoms with Crippen LogP contribution in [0.5, 0.6) is 0 Å². The van der Waals surface area contributed by atoms with E-state index < -0.39 is 0 Å². The average Bonchev–Trinajstić information content (AvgIpc) is 2.71. The summed E-state index contributed by atoms with van der Waals surface area (Å²) >= 11 is 0. The first kappa shape index (κ1) is 7.56. The molecule has 0 aromatic heterocycles. The molecular formula is C8H14N2. The zero-order valence-electron chi connectivity index (χ0n) is 6.43. The highest BCUT2D eigenvalue weighted by Gasteiger charge is 2.20. The fourth-order valence-electron chi connectivity index (χ4n) is 0.956. The molecule has 0 radical (unpaired) electrons. The topological polar surface area (TPSA) is 35.8 Å². The summed E-state index contributed by atoms with van der Waals surface area (Å²) in [6.45, 7) is 2.91. The third kappa shape index (κ3) is 2.84. The lowest BCUT2D eigenvalue weighted by molar-refractivity contribution is 0.585. The molecule has 2 nitrogen and oxygen atoms in total. The molecule has 0 spiro atoms. The van der Waals surface area contributed by atoms with Crippen molar-refractivity contribution in [2.75, 3.05) is 6.54 Å². The van der Waals surface area contributed by atoms with Crippen LogP contribution in [0.2, 0.25) is 0 Å². The fraction of sp³-hybridized carbons (Fsp3) is 0.875. The highest BCUT2D eigenvalue weighted by molar-refractivity contribution is 4.85. The Kier molecular flexibility index (Phi) is 2.70. The first-order valence-corrected chi connectivity index (χ1v) is 3.96. The van der Waals surface area contributed by atoms with Crippen LogP contribution in [0.1, 0.15) is 26.2 Å². The van der Waals surface area contributed by atoms with E-state index in [1.165, 1.54) is 19.3 Å². The van der Waals surface area contributed by atoms with E-state index in [2.05, 4.69) is 11.4 Å². The van der Waals surface area contributed by atoms with Crippen LogP contribution in [0.25, 0.3) is 0 Å². The fourth-order valence-corrected chi connectivity index (χ4v) is 0.956. The van der Waals surface area contributed by atoms with E-state index in [1.807, 2.05) is 6.92 Å². The molecule has 1 fully saturated rings. The van der Waals surface area contributed by atoms with Gasteiger partial charge >= 0.3 is 0 Å². The van der Waals surface area contributed by atoms with E-state index in [-0.39, 0.29) is 6.04 Å². The van der Waals surface area contributed by atoms with Crippen molar-refractivity contribution in [1.82, 2.24) is 5.32 Å². The molecule has 0 aromatic carbocycles. The van der Waals surface area contributed by atoms with Gasteiger partial charge in [0.2, 0.25) is 0 Å². The molecule has 1 aliphatic rings. The van der Waals surface area contributed by atoms with Crippen molar-refractivity contribution in [2.24, 2.45) is 5.92 Å². The summed E-state index contributed by atoms with van der Waals surface area (Å²) in [6, 6.07) is 2.17. The summed E-state index contributed by atoms with van der Waals surface area (Å²) in [5.41, 5.74) is 0. The lowest BCUT2D eigenvalue weighted by atomic mass is 10.3. The zero-order chi connectivity index (χ0) is 7.40.